The van der Waals surface area contributed by atoms with Crippen LogP contribution in [-0.4, -0.2) is 35.3 Å². The number of amides is 2. The van der Waals surface area contributed by atoms with Crippen molar-refractivity contribution in [3.63, 3.8) is 0 Å². The van der Waals surface area contributed by atoms with Crippen molar-refractivity contribution in [2.45, 2.75) is 64.0 Å². The molecule has 0 aromatic carbocycles. The number of carbonyl (C=O) groups is 2. The lowest BCUT2D eigenvalue weighted by Gasteiger charge is -2.37. The molecule has 2 rings (SSSR count). The number of carbonyl (C=O) groups excluding carboxylic acids is 2. The molecular formula is C15H27N3O2. The van der Waals surface area contributed by atoms with Gasteiger partial charge in [0, 0.05) is 18.0 Å². The van der Waals surface area contributed by atoms with Crippen LogP contribution in [0.2, 0.25) is 0 Å². The highest BCUT2D eigenvalue weighted by Gasteiger charge is 2.37. The fourth-order valence-corrected chi connectivity index (χ4v) is 3.68. The van der Waals surface area contributed by atoms with Crippen molar-refractivity contribution in [1.82, 2.24) is 4.90 Å². The van der Waals surface area contributed by atoms with E-state index < -0.39 is 5.91 Å². The Morgan fingerprint density at radius 3 is 2.40 bits per heavy atom. The van der Waals surface area contributed by atoms with Crippen LogP contribution < -0.4 is 11.5 Å². The smallest absolute Gasteiger partial charge is 0.237 e. The molecule has 2 saturated carbocycles. The highest BCUT2D eigenvalue weighted by Crippen LogP contribution is 2.33. The summed E-state index contributed by atoms with van der Waals surface area (Å²) in [5.74, 6) is -0.0193. The summed E-state index contributed by atoms with van der Waals surface area (Å²) < 4.78 is 0. The van der Waals surface area contributed by atoms with Crippen LogP contribution in [0.25, 0.3) is 0 Å². The van der Waals surface area contributed by atoms with E-state index >= 15 is 0 Å². The molecule has 0 heterocycles. The summed E-state index contributed by atoms with van der Waals surface area (Å²) in [7, 11) is 0. The van der Waals surface area contributed by atoms with Crippen molar-refractivity contribution in [3.05, 3.63) is 0 Å². The summed E-state index contributed by atoms with van der Waals surface area (Å²) in [6.45, 7) is 2.17. The molecule has 0 aromatic heterocycles. The van der Waals surface area contributed by atoms with Gasteiger partial charge in [-0.15, -0.1) is 0 Å². The summed E-state index contributed by atoms with van der Waals surface area (Å²) in [5, 5.41) is 0. The van der Waals surface area contributed by atoms with Gasteiger partial charge in [-0.3, -0.25) is 9.59 Å². The minimum atomic E-state index is -0.419. The van der Waals surface area contributed by atoms with Crippen LogP contribution in [0.3, 0.4) is 0 Å². The molecule has 114 valence electrons. The van der Waals surface area contributed by atoms with Crippen molar-refractivity contribution >= 4 is 11.8 Å². The van der Waals surface area contributed by atoms with Crippen molar-refractivity contribution in [1.29, 1.82) is 0 Å². The third kappa shape index (κ3) is 3.51. The van der Waals surface area contributed by atoms with Crippen molar-refractivity contribution in [3.8, 4) is 0 Å². The Balaban J connectivity index is 2.09. The average molecular weight is 281 g/mol. The van der Waals surface area contributed by atoms with Gasteiger partial charge in [-0.05, 0) is 38.0 Å². The van der Waals surface area contributed by atoms with Gasteiger partial charge in [0.25, 0.3) is 0 Å². The van der Waals surface area contributed by atoms with Gasteiger partial charge in [0.2, 0.25) is 11.8 Å². The van der Waals surface area contributed by atoms with E-state index in [2.05, 4.69) is 6.92 Å². The topological polar surface area (TPSA) is 89.4 Å². The van der Waals surface area contributed by atoms with Gasteiger partial charge in [-0.25, -0.2) is 0 Å². The molecular weight excluding hydrogens is 254 g/mol. The van der Waals surface area contributed by atoms with Crippen LogP contribution in [0.1, 0.15) is 51.9 Å². The van der Waals surface area contributed by atoms with Gasteiger partial charge in [0.1, 0.15) is 0 Å². The van der Waals surface area contributed by atoms with E-state index in [1.807, 2.05) is 0 Å². The second-order valence-electron chi connectivity index (χ2n) is 6.53. The normalized spacial score (nSPS) is 31.2. The Morgan fingerprint density at radius 1 is 1.15 bits per heavy atom. The molecule has 2 aliphatic carbocycles. The van der Waals surface area contributed by atoms with Gasteiger partial charge < -0.3 is 16.4 Å². The molecule has 5 nitrogen and oxygen atoms in total. The van der Waals surface area contributed by atoms with Crippen LogP contribution in [0.5, 0.6) is 0 Å². The Morgan fingerprint density at radius 2 is 1.80 bits per heavy atom. The molecule has 0 aliphatic heterocycles. The summed E-state index contributed by atoms with van der Waals surface area (Å²) >= 11 is 0. The Bertz CT molecular complexity index is 366. The quantitative estimate of drug-likeness (QED) is 0.805. The first-order chi connectivity index (χ1) is 9.49. The molecule has 3 unspecified atom stereocenters. The van der Waals surface area contributed by atoms with Crippen molar-refractivity contribution < 1.29 is 9.59 Å². The lowest BCUT2D eigenvalue weighted by atomic mass is 9.77. The predicted octanol–water partition coefficient (Wildman–Crippen LogP) is 1.01. The van der Waals surface area contributed by atoms with Crippen LogP contribution in [0, 0.1) is 11.8 Å². The molecule has 0 bridgehead atoms. The zero-order valence-electron chi connectivity index (χ0n) is 12.4. The Labute approximate surface area is 121 Å². The van der Waals surface area contributed by atoms with E-state index in [0.717, 1.165) is 44.9 Å². The molecule has 0 saturated heterocycles. The van der Waals surface area contributed by atoms with E-state index in [1.54, 1.807) is 4.90 Å². The number of nitrogens with two attached hydrogens (primary N) is 2. The van der Waals surface area contributed by atoms with Gasteiger partial charge in [-0.1, -0.05) is 19.8 Å². The van der Waals surface area contributed by atoms with E-state index in [-0.39, 0.29) is 30.5 Å². The average Bonchev–Trinajstić information content (AvgIpc) is 2.91. The molecule has 0 spiro atoms. The SMILES string of the molecule is CC1CCC(N)CC1C(=O)N(CC(N)=O)C1CCCC1. The second kappa shape index (κ2) is 6.57. The maximum atomic E-state index is 12.8. The van der Waals surface area contributed by atoms with Gasteiger partial charge in [0.05, 0.1) is 6.54 Å². The molecule has 2 aliphatic rings. The third-order valence-corrected chi connectivity index (χ3v) is 4.93. The number of nitrogens with zero attached hydrogens (tertiary/aromatic N) is 1. The minimum absolute atomic E-state index is 0.0429. The van der Waals surface area contributed by atoms with Gasteiger partial charge >= 0.3 is 0 Å². The minimum Gasteiger partial charge on any atom is -0.368 e. The summed E-state index contributed by atoms with van der Waals surface area (Å²) in [4.78, 5) is 25.9. The highest BCUT2D eigenvalue weighted by atomic mass is 16.2. The zero-order valence-corrected chi connectivity index (χ0v) is 12.4. The summed E-state index contributed by atoms with van der Waals surface area (Å²) in [5.41, 5.74) is 11.4. The van der Waals surface area contributed by atoms with Crippen LogP contribution in [-0.2, 0) is 9.59 Å². The van der Waals surface area contributed by atoms with Gasteiger partial charge in [-0.2, -0.15) is 0 Å². The Hall–Kier alpha value is -1.10. The van der Waals surface area contributed by atoms with Crippen LogP contribution in [0.15, 0.2) is 0 Å². The molecule has 0 aromatic rings. The zero-order chi connectivity index (χ0) is 14.7. The number of hydrogen-bond donors (Lipinski definition) is 2. The molecule has 3 atom stereocenters. The largest absolute Gasteiger partial charge is 0.368 e. The lowest BCUT2D eigenvalue weighted by molar-refractivity contribution is -0.143. The third-order valence-electron chi connectivity index (χ3n) is 4.93. The maximum Gasteiger partial charge on any atom is 0.237 e. The number of hydrogen-bond acceptors (Lipinski definition) is 3. The fourth-order valence-electron chi connectivity index (χ4n) is 3.68. The molecule has 0 radical (unpaired) electrons. The first-order valence-corrected chi connectivity index (χ1v) is 7.83. The van der Waals surface area contributed by atoms with Crippen LogP contribution >= 0.6 is 0 Å². The second-order valence-corrected chi connectivity index (χ2v) is 6.53. The molecule has 2 amide bonds. The predicted molar refractivity (Wildman–Crippen MR) is 77.6 cm³/mol. The maximum absolute atomic E-state index is 12.8. The summed E-state index contributed by atoms with van der Waals surface area (Å²) in [6.07, 6.45) is 6.97. The van der Waals surface area contributed by atoms with E-state index in [0.29, 0.717) is 5.92 Å². The first-order valence-electron chi connectivity index (χ1n) is 7.83. The standard InChI is InChI=1S/C15H27N3O2/c1-10-6-7-11(16)8-13(10)15(20)18(9-14(17)19)12-4-2-3-5-12/h10-13H,2-9,16H2,1H3,(H2,17,19). The van der Waals surface area contributed by atoms with E-state index in [4.69, 9.17) is 11.5 Å². The van der Waals surface area contributed by atoms with Crippen molar-refractivity contribution in [2.75, 3.05) is 6.54 Å². The lowest BCUT2D eigenvalue weighted by Crippen LogP contribution is -2.50. The van der Waals surface area contributed by atoms with Crippen molar-refractivity contribution in [2.24, 2.45) is 23.3 Å². The van der Waals surface area contributed by atoms with E-state index in [1.165, 1.54) is 0 Å². The molecule has 20 heavy (non-hydrogen) atoms. The number of rotatable bonds is 4. The Kier molecular flexibility index (Phi) is 5.02. The number of primary amides is 1. The van der Waals surface area contributed by atoms with E-state index in [9.17, 15) is 9.59 Å². The fraction of sp³-hybridized carbons (Fsp3) is 0.867. The molecule has 4 N–H and O–H groups in total. The molecule has 5 heteroatoms. The van der Waals surface area contributed by atoms with Gasteiger partial charge in [0.15, 0.2) is 0 Å². The monoisotopic (exact) mass is 281 g/mol. The highest BCUT2D eigenvalue weighted by molar-refractivity contribution is 5.85. The summed E-state index contributed by atoms with van der Waals surface area (Å²) in [6, 6.07) is 0.305. The molecule has 2 fully saturated rings. The van der Waals surface area contributed by atoms with Crippen LogP contribution in [0.4, 0.5) is 0 Å². The first kappa shape index (κ1) is 15.3.